The molecule has 0 bridgehead atoms. The number of hydrogen-bond acceptors (Lipinski definition) is 4. The summed E-state index contributed by atoms with van der Waals surface area (Å²) in [5.74, 6) is 0.860. The molecule has 1 atom stereocenters. The Labute approximate surface area is 146 Å². The Kier molecular flexibility index (Phi) is 4.79. The molecule has 1 aliphatic rings. The van der Waals surface area contributed by atoms with Crippen molar-refractivity contribution in [2.24, 2.45) is 5.92 Å². The summed E-state index contributed by atoms with van der Waals surface area (Å²) in [5, 5.41) is 2.78. The van der Waals surface area contributed by atoms with Gasteiger partial charge in [0, 0.05) is 0 Å². The number of hydrogen-bond donors (Lipinski definition) is 1. The zero-order chi connectivity index (χ0) is 18.0. The standard InChI is InChI=1S/C19H22N2O4/c1-12(2)18-19(23)21(15-9-13(3)6-7-16(15)25-18)11-17(22)20-10-14-5-4-8-24-14/h4-9,12,18H,10-11H2,1-3H3,(H,20,22)/t18-/m1/s1. The summed E-state index contributed by atoms with van der Waals surface area (Å²) in [7, 11) is 0. The predicted octanol–water partition coefficient (Wildman–Crippen LogP) is 2.65. The molecule has 0 fully saturated rings. The number of rotatable bonds is 5. The highest BCUT2D eigenvalue weighted by Crippen LogP contribution is 2.36. The number of carbonyl (C=O) groups excluding carboxylic acids is 2. The molecular formula is C19H22N2O4. The molecule has 1 aromatic carbocycles. The summed E-state index contributed by atoms with van der Waals surface area (Å²) in [6.07, 6.45) is 0.965. The molecule has 132 valence electrons. The Hall–Kier alpha value is -2.76. The van der Waals surface area contributed by atoms with Crippen LogP contribution >= 0.6 is 0 Å². The topological polar surface area (TPSA) is 71.8 Å². The first-order valence-corrected chi connectivity index (χ1v) is 8.33. The van der Waals surface area contributed by atoms with E-state index in [1.807, 2.05) is 39.0 Å². The molecule has 0 saturated heterocycles. The van der Waals surface area contributed by atoms with Crippen LogP contribution in [0.1, 0.15) is 25.2 Å². The number of anilines is 1. The molecule has 0 saturated carbocycles. The lowest BCUT2D eigenvalue weighted by Gasteiger charge is -2.35. The van der Waals surface area contributed by atoms with Gasteiger partial charge in [0.05, 0.1) is 18.5 Å². The van der Waals surface area contributed by atoms with Gasteiger partial charge in [-0.05, 0) is 42.7 Å². The first-order valence-electron chi connectivity index (χ1n) is 8.33. The molecule has 1 N–H and O–H groups in total. The lowest BCUT2D eigenvalue weighted by Crippen LogP contribution is -2.51. The Morgan fingerprint density at radius 3 is 2.80 bits per heavy atom. The van der Waals surface area contributed by atoms with Crippen molar-refractivity contribution < 1.29 is 18.7 Å². The SMILES string of the molecule is Cc1ccc2c(c1)N(CC(=O)NCc1ccco1)C(=O)[C@@H](C(C)C)O2. The molecule has 2 aromatic rings. The molecule has 25 heavy (non-hydrogen) atoms. The smallest absolute Gasteiger partial charge is 0.268 e. The Bertz CT molecular complexity index is 768. The average Bonchev–Trinajstić information content (AvgIpc) is 3.09. The summed E-state index contributed by atoms with van der Waals surface area (Å²) in [5.41, 5.74) is 1.63. The van der Waals surface area contributed by atoms with Gasteiger partial charge in [-0.2, -0.15) is 0 Å². The number of nitrogens with zero attached hydrogens (tertiary/aromatic N) is 1. The summed E-state index contributed by atoms with van der Waals surface area (Å²) in [6.45, 7) is 6.03. The first kappa shape index (κ1) is 17.1. The van der Waals surface area contributed by atoms with E-state index >= 15 is 0 Å². The van der Waals surface area contributed by atoms with E-state index in [4.69, 9.17) is 9.15 Å². The van der Waals surface area contributed by atoms with E-state index in [2.05, 4.69) is 5.32 Å². The van der Waals surface area contributed by atoms with Crippen molar-refractivity contribution >= 4 is 17.5 Å². The molecule has 6 heteroatoms. The van der Waals surface area contributed by atoms with Crippen LogP contribution in [0.4, 0.5) is 5.69 Å². The normalized spacial score (nSPS) is 16.6. The third kappa shape index (κ3) is 3.68. The van der Waals surface area contributed by atoms with Crippen molar-refractivity contribution in [1.82, 2.24) is 5.32 Å². The molecule has 1 aromatic heterocycles. The highest BCUT2D eigenvalue weighted by Gasteiger charge is 2.37. The van der Waals surface area contributed by atoms with Gasteiger partial charge in [-0.25, -0.2) is 0 Å². The van der Waals surface area contributed by atoms with Gasteiger partial charge in [-0.1, -0.05) is 19.9 Å². The third-order valence-electron chi connectivity index (χ3n) is 4.12. The number of carbonyl (C=O) groups is 2. The van der Waals surface area contributed by atoms with Gasteiger partial charge in [-0.15, -0.1) is 0 Å². The second-order valence-electron chi connectivity index (χ2n) is 6.53. The van der Waals surface area contributed by atoms with Gasteiger partial charge in [0.2, 0.25) is 5.91 Å². The maximum atomic E-state index is 12.8. The maximum Gasteiger partial charge on any atom is 0.268 e. The van der Waals surface area contributed by atoms with E-state index in [0.717, 1.165) is 5.56 Å². The van der Waals surface area contributed by atoms with Crippen molar-refractivity contribution in [3.05, 3.63) is 47.9 Å². The van der Waals surface area contributed by atoms with Crippen LogP contribution in [0.15, 0.2) is 41.0 Å². The van der Waals surface area contributed by atoms with E-state index < -0.39 is 6.10 Å². The van der Waals surface area contributed by atoms with Crippen LogP contribution in [0, 0.1) is 12.8 Å². The monoisotopic (exact) mass is 342 g/mol. The Morgan fingerprint density at radius 2 is 2.12 bits per heavy atom. The van der Waals surface area contributed by atoms with E-state index in [1.165, 1.54) is 4.90 Å². The molecule has 0 radical (unpaired) electrons. The van der Waals surface area contributed by atoms with E-state index in [1.54, 1.807) is 18.4 Å². The van der Waals surface area contributed by atoms with Gasteiger partial charge < -0.3 is 14.5 Å². The molecule has 0 spiro atoms. The van der Waals surface area contributed by atoms with Crippen LogP contribution in [-0.2, 0) is 16.1 Å². The van der Waals surface area contributed by atoms with Crippen molar-refractivity contribution in [2.45, 2.75) is 33.4 Å². The number of amides is 2. The van der Waals surface area contributed by atoms with Gasteiger partial charge in [0.25, 0.3) is 5.91 Å². The quantitative estimate of drug-likeness (QED) is 0.907. The van der Waals surface area contributed by atoms with Gasteiger partial charge in [-0.3, -0.25) is 14.5 Å². The average molecular weight is 342 g/mol. The molecule has 6 nitrogen and oxygen atoms in total. The fourth-order valence-corrected chi connectivity index (χ4v) is 2.78. The van der Waals surface area contributed by atoms with E-state index in [-0.39, 0.29) is 24.3 Å². The highest BCUT2D eigenvalue weighted by molar-refractivity contribution is 6.04. The lowest BCUT2D eigenvalue weighted by atomic mass is 10.0. The lowest BCUT2D eigenvalue weighted by molar-refractivity contribution is -0.130. The minimum Gasteiger partial charge on any atom is -0.478 e. The van der Waals surface area contributed by atoms with Gasteiger partial charge in [0.15, 0.2) is 6.10 Å². The molecule has 2 amide bonds. The molecule has 2 heterocycles. The highest BCUT2D eigenvalue weighted by atomic mass is 16.5. The Morgan fingerprint density at radius 1 is 1.32 bits per heavy atom. The van der Waals surface area contributed by atoms with Crippen LogP contribution in [0.5, 0.6) is 5.75 Å². The summed E-state index contributed by atoms with van der Waals surface area (Å²) in [4.78, 5) is 26.7. The summed E-state index contributed by atoms with van der Waals surface area (Å²) >= 11 is 0. The second-order valence-corrected chi connectivity index (χ2v) is 6.53. The number of aryl methyl sites for hydroxylation is 1. The fourth-order valence-electron chi connectivity index (χ4n) is 2.78. The van der Waals surface area contributed by atoms with Crippen LogP contribution in [0.3, 0.4) is 0 Å². The van der Waals surface area contributed by atoms with E-state index in [9.17, 15) is 9.59 Å². The molecule has 0 unspecified atom stereocenters. The van der Waals surface area contributed by atoms with Crippen LogP contribution in [0.2, 0.25) is 0 Å². The maximum absolute atomic E-state index is 12.8. The van der Waals surface area contributed by atoms with E-state index in [0.29, 0.717) is 23.7 Å². The molecule has 0 aliphatic carbocycles. The number of ether oxygens (including phenoxy) is 1. The Balaban J connectivity index is 1.79. The van der Waals surface area contributed by atoms with Crippen LogP contribution < -0.4 is 15.0 Å². The second kappa shape index (κ2) is 7.01. The minimum absolute atomic E-state index is 0.00985. The minimum atomic E-state index is -0.590. The van der Waals surface area contributed by atoms with Crippen LogP contribution in [-0.4, -0.2) is 24.5 Å². The van der Waals surface area contributed by atoms with Gasteiger partial charge in [0.1, 0.15) is 18.1 Å². The molecule has 3 rings (SSSR count). The zero-order valence-corrected chi connectivity index (χ0v) is 14.6. The van der Waals surface area contributed by atoms with Crippen molar-refractivity contribution in [2.75, 3.05) is 11.4 Å². The first-order chi connectivity index (χ1) is 12.0. The molecular weight excluding hydrogens is 320 g/mol. The zero-order valence-electron chi connectivity index (χ0n) is 14.6. The number of nitrogens with one attached hydrogen (secondary N) is 1. The largest absolute Gasteiger partial charge is 0.478 e. The van der Waals surface area contributed by atoms with Crippen molar-refractivity contribution in [3.8, 4) is 5.75 Å². The number of furan rings is 1. The van der Waals surface area contributed by atoms with Crippen molar-refractivity contribution in [1.29, 1.82) is 0 Å². The number of benzene rings is 1. The molecule has 1 aliphatic heterocycles. The number of fused-ring (bicyclic) bond motifs is 1. The summed E-state index contributed by atoms with van der Waals surface area (Å²) in [6, 6.07) is 9.19. The van der Waals surface area contributed by atoms with Gasteiger partial charge >= 0.3 is 0 Å². The fraction of sp³-hybridized carbons (Fsp3) is 0.368. The predicted molar refractivity (Wildman–Crippen MR) is 93.3 cm³/mol. The van der Waals surface area contributed by atoms with Crippen molar-refractivity contribution in [3.63, 3.8) is 0 Å². The van der Waals surface area contributed by atoms with Crippen LogP contribution in [0.25, 0.3) is 0 Å². The third-order valence-corrected chi connectivity index (χ3v) is 4.12. The summed E-state index contributed by atoms with van der Waals surface area (Å²) < 4.78 is 11.1.